The molecule has 4 rings (SSSR count). The molecule has 8 heteroatoms. The molecule has 0 saturated carbocycles. The second-order valence-electron chi connectivity index (χ2n) is 7.29. The van der Waals surface area contributed by atoms with Gasteiger partial charge in [-0.2, -0.15) is 10.2 Å². The van der Waals surface area contributed by atoms with Gasteiger partial charge < -0.3 is 14.5 Å². The summed E-state index contributed by atoms with van der Waals surface area (Å²) in [5.74, 6) is 0.829. The van der Waals surface area contributed by atoms with E-state index in [-0.39, 0.29) is 5.91 Å². The van der Waals surface area contributed by atoms with Crippen molar-refractivity contribution < 1.29 is 9.53 Å². The third kappa shape index (κ3) is 3.46. The number of hydrogen-bond acceptors (Lipinski definition) is 5. The van der Waals surface area contributed by atoms with Gasteiger partial charge in [-0.05, 0) is 32.0 Å². The lowest BCUT2D eigenvalue weighted by Gasteiger charge is -2.36. The Labute approximate surface area is 170 Å². The molecular formula is C21H26N6O2. The van der Waals surface area contributed by atoms with Gasteiger partial charge in [0.25, 0.3) is 5.91 Å². The summed E-state index contributed by atoms with van der Waals surface area (Å²) in [5, 5.41) is 11.7. The Morgan fingerprint density at radius 1 is 1.14 bits per heavy atom. The minimum absolute atomic E-state index is 0.0253. The largest absolute Gasteiger partial charge is 0.495 e. The van der Waals surface area contributed by atoms with Crippen LogP contribution in [0.3, 0.4) is 0 Å². The van der Waals surface area contributed by atoms with Crippen LogP contribution in [-0.4, -0.2) is 64.1 Å². The van der Waals surface area contributed by atoms with Crippen LogP contribution in [0.15, 0.2) is 30.3 Å². The minimum atomic E-state index is -0.0253. The molecule has 0 aliphatic carbocycles. The highest BCUT2D eigenvalue weighted by molar-refractivity contribution is 5.93. The maximum atomic E-state index is 13.0. The van der Waals surface area contributed by atoms with Crippen molar-refractivity contribution in [3.8, 4) is 17.0 Å². The Kier molecular flexibility index (Phi) is 5.00. The number of rotatable bonds is 4. The maximum absolute atomic E-state index is 13.0. The van der Waals surface area contributed by atoms with E-state index < -0.39 is 0 Å². The van der Waals surface area contributed by atoms with Crippen LogP contribution in [0.25, 0.3) is 11.3 Å². The summed E-state index contributed by atoms with van der Waals surface area (Å²) in [4.78, 5) is 17.1. The predicted molar refractivity (Wildman–Crippen MR) is 111 cm³/mol. The first-order valence-electron chi connectivity index (χ1n) is 9.72. The molecule has 1 saturated heterocycles. The predicted octanol–water partition coefficient (Wildman–Crippen LogP) is 2.40. The first-order valence-corrected chi connectivity index (χ1v) is 9.72. The number of nitrogens with one attached hydrogen (secondary N) is 1. The van der Waals surface area contributed by atoms with Crippen molar-refractivity contribution in [1.29, 1.82) is 0 Å². The Morgan fingerprint density at radius 2 is 1.86 bits per heavy atom. The average molecular weight is 394 g/mol. The van der Waals surface area contributed by atoms with Gasteiger partial charge in [0.1, 0.15) is 11.4 Å². The molecule has 2 aromatic heterocycles. The lowest BCUT2D eigenvalue weighted by atomic mass is 10.1. The normalized spacial score (nSPS) is 14.3. The molecule has 29 heavy (non-hydrogen) atoms. The van der Waals surface area contributed by atoms with E-state index in [4.69, 9.17) is 4.74 Å². The fourth-order valence-electron chi connectivity index (χ4n) is 3.92. The molecule has 152 valence electrons. The van der Waals surface area contributed by atoms with Crippen molar-refractivity contribution in [3.63, 3.8) is 0 Å². The molecule has 0 atom stereocenters. The molecule has 0 radical (unpaired) electrons. The summed E-state index contributed by atoms with van der Waals surface area (Å²) >= 11 is 0. The number of hydrogen-bond donors (Lipinski definition) is 1. The molecule has 1 aliphatic rings. The molecular weight excluding hydrogens is 368 g/mol. The molecule has 1 aromatic carbocycles. The van der Waals surface area contributed by atoms with Crippen LogP contribution in [0.5, 0.6) is 5.75 Å². The standard InChI is InChI=1S/C21H26N6O2/c1-14-20(15(2)25(3)24-14)16-13-17(23-22-16)21(28)27-11-9-26(10-12-27)18-7-5-6-8-19(18)29-4/h5-8,13H,9-12H2,1-4H3,(H,22,23). The van der Waals surface area contributed by atoms with E-state index in [1.54, 1.807) is 7.11 Å². The van der Waals surface area contributed by atoms with Gasteiger partial charge in [-0.3, -0.25) is 14.6 Å². The van der Waals surface area contributed by atoms with Crippen molar-refractivity contribution in [2.45, 2.75) is 13.8 Å². The number of para-hydroxylation sites is 2. The quantitative estimate of drug-likeness (QED) is 0.735. The maximum Gasteiger partial charge on any atom is 0.272 e. The Morgan fingerprint density at radius 3 is 2.52 bits per heavy atom. The number of benzene rings is 1. The molecule has 3 heterocycles. The van der Waals surface area contributed by atoms with Gasteiger partial charge in [0.05, 0.1) is 24.2 Å². The Balaban J connectivity index is 1.46. The van der Waals surface area contributed by atoms with E-state index in [1.807, 2.05) is 54.7 Å². The number of carbonyl (C=O) groups is 1. The molecule has 1 aliphatic heterocycles. The fourth-order valence-corrected chi connectivity index (χ4v) is 3.92. The highest BCUT2D eigenvalue weighted by Gasteiger charge is 2.25. The summed E-state index contributed by atoms with van der Waals surface area (Å²) < 4.78 is 7.30. The molecule has 0 unspecified atom stereocenters. The number of piperazine rings is 1. The van der Waals surface area contributed by atoms with Crippen molar-refractivity contribution in [1.82, 2.24) is 24.9 Å². The van der Waals surface area contributed by atoms with Crippen LogP contribution in [-0.2, 0) is 7.05 Å². The second-order valence-corrected chi connectivity index (χ2v) is 7.29. The van der Waals surface area contributed by atoms with Gasteiger partial charge in [0.2, 0.25) is 0 Å². The number of anilines is 1. The number of aromatic nitrogens is 4. The van der Waals surface area contributed by atoms with Crippen LogP contribution >= 0.6 is 0 Å². The molecule has 0 spiro atoms. The fraction of sp³-hybridized carbons (Fsp3) is 0.381. The number of methoxy groups -OCH3 is 1. The minimum Gasteiger partial charge on any atom is -0.495 e. The first kappa shape index (κ1) is 19.0. The first-order chi connectivity index (χ1) is 14.0. The molecule has 1 fully saturated rings. The number of aromatic amines is 1. The lowest BCUT2D eigenvalue weighted by molar-refractivity contribution is 0.0740. The average Bonchev–Trinajstić information content (AvgIpc) is 3.31. The number of aryl methyl sites for hydroxylation is 2. The molecule has 8 nitrogen and oxygen atoms in total. The monoisotopic (exact) mass is 394 g/mol. The van der Waals surface area contributed by atoms with E-state index in [1.165, 1.54) is 0 Å². The number of carbonyl (C=O) groups excluding carboxylic acids is 1. The molecule has 1 amide bonds. The van der Waals surface area contributed by atoms with Gasteiger partial charge in [0, 0.05) is 44.5 Å². The molecule has 0 bridgehead atoms. The second kappa shape index (κ2) is 7.62. The zero-order valence-electron chi connectivity index (χ0n) is 17.3. The van der Waals surface area contributed by atoms with Crippen LogP contribution in [0.1, 0.15) is 21.9 Å². The number of amides is 1. The van der Waals surface area contributed by atoms with E-state index >= 15 is 0 Å². The Hall–Kier alpha value is -3.29. The van der Waals surface area contributed by atoms with Gasteiger partial charge in [-0.1, -0.05) is 12.1 Å². The van der Waals surface area contributed by atoms with Gasteiger partial charge in [0.15, 0.2) is 0 Å². The van der Waals surface area contributed by atoms with E-state index in [0.29, 0.717) is 18.8 Å². The molecule has 3 aromatic rings. The third-order valence-corrected chi connectivity index (χ3v) is 5.57. The summed E-state index contributed by atoms with van der Waals surface area (Å²) in [5.41, 5.74) is 5.23. The SMILES string of the molecule is COc1ccccc1N1CCN(C(=O)c2cc(-c3c(C)nn(C)c3C)n[nH]2)CC1. The van der Waals surface area contributed by atoms with Crippen LogP contribution in [0.2, 0.25) is 0 Å². The van der Waals surface area contributed by atoms with Crippen molar-refractivity contribution >= 4 is 11.6 Å². The third-order valence-electron chi connectivity index (χ3n) is 5.57. The smallest absolute Gasteiger partial charge is 0.272 e. The van der Waals surface area contributed by atoms with Gasteiger partial charge in [-0.15, -0.1) is 0 Å². The van der Waals surface area contributed by atoms with Gasteiger partial charge >= 0.3 is 0 Å². The number of ether oxygens (including phenoxy) is 1. The summed E-state index contributed by atoms with van der Waals surface area (Å²) in [7, 11) is 3.59. The number of H-pyrrole nitrogens is 1. The summed E-state index contributed by atoms with van der Waals surface area (Å²) in [6.07, 6.45) is 0. The topological polar surface area (TPSA) is 79.3 Å². The zero-order chi connectivity index (χ0) is 20.5. The zero-order valence-corrected chi connectivity index (χ0v) is 17.3. The van der Waals surface area contributed by atoms with Crippen LogP contribution in [0.4, 0.5) is 5.69 Å². The van der Waals surface area contributed by atoms with Crippen molar-refractivity contribution in [2.24, 2.45) is 7.05 Å². The Bertz CT molecular complexity index is 1030. The summed E-state index contributed by atoms with van der Waals surface area (Å²) in [6.45, 7) is 6.77. The van der Waals surface area contributed by atoms with E-state index in [0.717, 1.165) is 47.2 Å². The van der Waals surface area contributed by atoms with Crippen LogP contribution in [0, 0.1) is 13.8 Å². The van der Waals surface area contributed by atoms with Crippen molar-refractivity contribution in [2.75, 3.05) is 38.2 Å². The van der Waals surface area contributed by atoms with E-state index in [2.05, 4.69) is 26.3 Å². The lowest BCUT2D eigenvalue weighted by Crippen LogP contribution is -2.49. The van der Waals surface area contributed by atoms with Gasteiger partial charge in [-0.25, -0.2) is 0 Å². The van der Waals surface area contributed by atoms with Crippen LogP contribution < -0.4 is 9.64 Å². The van der Waals surface area contributed by atoms with Crippen molar-refractivity contribution in [3.05, 3.63) is 47.4 Å². The van der Waals surface area contributed by atoms with E-state index in [9.17, 15) is 4.79 Å². The molecule has 1 N–H and O–H groups in total. The highest BCUT2D eigenvalue weighted by Crippen LogP contribution is 2.29. The number of nitrogens with zero attached hydrogens (tertiary/aromatic N) is 5. The highest BCUT2D eigenvalue weighted by atomic mass is 16.5. The summed E-state index contributed by atoms with van der Waals surface area (Å²) in [6, 6.07) is 9.80.